The quantitative estimate of drug-likeness (QED) is 0.786. The van der Waals surface area contributed by atoms with E-state index in [1.807, 2.05) is 0 Å². The zero-order valence-corrected chi connectivity index (χ0v) is 14.1. The number of hydrogen-bond donors (Lipinski definition) is 1. The lowest BCUT2D eigenvalue weighted by atomic mass is 9.98. The molecule has 26 heavy (non-hydrogen) atoms. The summed E-state index contributed by atoms with van der Waals surface area (Å²) in [6, 6.07) is 13.5. The van der Waals surface area contributed by atoms with Crippen LogP contribution in [-0.4, -0.2) is 32.3 Å². The van der Waals surface area contributed by atoms with Gasteiger partial charge in [0.15, 0.2) is 0 Å². The molecule has 2 heterocycles. The van der Waals surface area contributed by atoms with Crippen molar-refractivity contribution in [2.24, 2.45) is 0 Å². The number of aromatic nitrogens is 2. The maximum Gasteiger partial charge on any atom is 0.255 e. The molecule has 5 nitrogen and oxygen atoms in total. The second-order valence-electron chi connectivity index (χ2n) is 6.25. The molecule has 6 heteroatoms. The summed E-state index contributed by atoms with van der Waals surface area (Å²) in [5, 5.41) is 13.4. The van der Waals surface area contributed by atoms with Gasteiger partial charge in [-0.2, -0.15) is 5.10 Å². The van der Waals surface area contributed by atoms with Crippen molar-refractivity contribution < 1.29 is 14.3 Å². The third-order valence-electron chi connectivity index (χ3n) is 4.66. The van der Waals surface area contributed by atoms with Crippen molar-refractivity contribution in [1.29, 1.82) is 0 Å². The predicted molar refractivity (Wildman–Crippen MR) is 94.7 cm³/mol. The first kappa shape index (κ1) is 16.5. The van der Waals surface area contributed by atoms with Gasteiger partial charge in [-0.05, 0) is 17.7 Å². The fraction of sp³-hybridized carbons (Fsp3) is 0.200. The first-order chi connectivity index (χ1) is 12.7. The number of fused-ring (bicyclic) bond motifs is 1. The van der Waals surface area contributed by atoms with Gasteiger partial charge < -0.3 is 10.0 Å². The zero-order chi connectivity index (χ0) is 18.1. The van der Waals surface area contributed by atoms with Crippen molar-refractivity contribution in [2.45, 2.75) is 19.6 Å². The largest absolute Gasteiger partial charge is 0.394 e. The normalized spacial score (nSPS) is 13.1. The first-order valence-electron chi connectivity index (χ1n) is 8.46. The van der Waals surface area contributed by atoms with E-state index >= 15 is 0 Å². The topological polar surface area (TPSA) is 58.4 Å². The highest BCUT2D eigenvalue weighted by molar-refractivity contribution is 6.01. The lowest BCUT2D eigenvalue weighted by molar-refractivity contribution is 0.0748. The Labute approximate surface area is 150 Å². The molecule has 2 aromatic carbocycles. The maximum atomic E-state index is 14.2. The van der Waals surface area contributed by atoms with Crippen LogP contribution in [0.15, 0.2) is 54.7 Å². The van der Waals surface area contributed by atoms with Gasteiger partial charge in [-0.3, -0.25) is 9.48 Å². The third-order valence-corrected chi connectivity index (χ3v) is 4.66. The third kappa shape index (κ3) is 2.78. The van der Waals surface area contributed by atoms with Crippen molar-refractivity contribution in [2.75, 3.05) is 6.61 Å². The molecule has 0 saturated heterocycles. The van der Waals surface area contributed by atoms with Gasteiger partial charge in [0.25, 0.3) is 5.91 Å². The van der Waals surface area contributed by atoms with Crippen molar-refractivity contribution in [1.82, 2.24) is 14.7 Å². The second kappa shape index (κ2) is 6.72. The highest BCUT2D eigenvalue weighted by atomic mass is 19.1. The lowest BCUT2D eigenvalue weighted by Gasteiger charge is -2.18. The van der Waals surface area contributed by atoms with Gasteiger partial charge in [0.1, 0.15) is 5.82 Å². The van der Waals surface area contributed by atoms with Gasteiger partial charge in [0.2, 0.25) is 0 Å². The Balaban J connectivity index is 1.65. The van der Waals surface area contributed by atoms with E-state index in [2.05, 4.69) is 5.10 Å². The minimum Gasteiger partial charge on any atom is -0.394 e. The number of nitrogens with zero attached hydrogens (tertiary/aromatic N) is 3. The van der Waals surface area contributed by atoms with Crippen LogP contribution < -0.4 is 0 Å². The van der Waals surface area contributed by atoms with Crippen molar-refractivity contribution in [3.05, 3.63) is 77.4 Å². The Hall–Kier alpha value is -2.99. The van der Waals surface area contributed by atoms with Crippen LogP contribution in [0.2, 0.25) is 0 Å². The van der Waals surface area contributed by atoms with Gasteiger partial charge in [-0.25, -0.2) is 4.39 Å². The van der Waals surface area contributed by atoms with Crippen molar-refractivity contribution in [3.8, 4) is 11.1 Å². The van der Waals surface area contributed by atoms with Crippen molar-refractivity contribution >= 4 is 5.91 Å². The SMILES string of the molecule is O=C(c1ccccc1-c1ccccc1F)N1Cc2cnn(CCO)c2C1. The number of carbonyl (C=O) groups excluding carboxylic acids is 1. The van der Waals surface area contributed by atoms with E-state index in [1.54, 1.807) is 58.2 Å². The van der Waals surface area contributed by atoms with Crippen LogP contribution in [0.3, 0.4) is 0 Å². The van der Waals surface area contributed by atoms with Crippen LogP contribution in [0.1, 0.15) is 21.6 Å². The number of halogens is 1. The number of carbonyl (C=O) groups is 1. The molecule has 132 valence electrons. The monoisotopic (exact) mass is 351 g/mol. The van der Waals surface area contributed by atoms with Crippen LogP contribution >= 0.6 is 0 Å². The molecule has 0 unspecified atom stereocenters. The molecule has 0 radical (unpaired) electrons. The van der Waals surface area contributed by atoms with Crippen LogP contribution in [0.25, 0.3) is 11.1 Å². The molecular formula is C20H18FN3O2. The van der Waals surface area contributed by atoms with Crippen LogP contribution in [0.4, 0.5) is 4.39 Å². The summed E-state index contributed by atoms with van der Waals surface area (Å²) >= 11 is 0. The maximum absolute atomic E-state index is 14.2. The van der Waals surface area contributed by atoms with Crippen LogP contribution in [-0.2, 0) is 19.6 Å². The molecule has 0 aliphatic carbocycles. The molecule has 0 fully saturated rings. The second-order valence-corrected chi connectivity index (χ2v) is 6.25. The molecule has 1 amide bonds. The van der Waals surface area contributed by atoms with E-state index in [0.29, 0.717) is 36.3 Å². The number of aliphatic hydroxyl groups is 1. The van der Waals surface area contributed by atoms with E-state index < -0.39 is 0 Å². The highest BCUT2D eigenvalue weighted by Crippen LogP contribution is 2.30. The summed E-state index contributed by atoms with van der Waals surface area (Å²) in [5.74, 6) is -0.494. The summed E-state index contributed by atoms with van der Waals surface area (Å²) in [6.07, 6.45) is 1.74. The van der Waals surface area contributed by atoms with Crippen molar-refractivity contribution in [3.63, 3.8) is 0 Å². The molecule has 1 aliphatic heterocycles. The molecule has 0 bridgehead atoms. The Bertz CT molecular complexity index is 967. The average molecular weight is 351 g/mol. The van der Waals surface area contributed by atoms with E-state index in [4.69, 9.17) is 5.11 Å². The van der Waals surface area contributed by atoms with Gasteiger partial charge in [-0.15, -0.1) is 0 Å². The van der Waals surface area contributed by atoms with Gasteiger partial charge >= 0.3 is 0 Å². The molecule has 0 saturated carbocycles. The summed E-state index contributed by atoms with van der Waals surface area (Å²) < 4.78 is 16.0. The Morgan fingerprint density at radius 2 is 1.81 bits per heavy atom. The molecule has 4 rings (SSSR count). The summed E-state index contributed by atoms with van der Waals surface area (Å²) in [4.78, 5) is 14.8. The predicted octanol–water partition coefficient (Wildman–Crippen LogP) is 2.84. The number of aliphatic hydroxyl groups excluding tert-OH is 1. The Morgan fingerprint density at radius 3 is 2.58 bits per heavy atom. The standard InChI is InChI=1S/C20H18FN3O2/c21-18-8-4-3-6-16(18)15-5-1-2-7-17(15)20(26)23-12-14-11-22-24(9-10-25)19(14)13-23/h1-8,11,25H,9-10,12-13H2. The van der Waals surface area contributed by atoms with E-state index in [1.165, 1.54) is 6.07 Å². The van der Waals surface area contributed by atoms with Gasteiger partial charge in [-0.1, -0.05) is 36.4 Å². The average Bonchev–Trinajstić information content (AvgIpc) is 3.24. The minimum absolute atomic E-state index is 0.00180. The molecule has 0 spiro atoms. The fourth-order valence-electron chi connectivity index (χ4n) is 3.39. The lowest BCUT2D eigenvalue weighted by Crippen LogP contribution is -2.27. The smallest absolute Gasteiger partial charge is 0.255 e. The molecular weight excluding hydrogens is 333 g/mol. The van der Waals surface area contributed by atoms with Gasteiger partial charge in [0.05, 0.1) is 31.6 Å². The van der Waals surface area contributed by atoms with Crippen LogP contribution in [0.5, 0.6) is 0 Å². The number of benzene rings is 2. The summed E-state index contributed by atoms with van der Waals surface area (Å²) in [5.41, 5.74) is 3.40. The number of hydrogen-bond acceptors (Lipinski definition) is 3. The summed E-state index contributed by atoms with van der Waals surface area (Å²) in [7, 11) is 0. The van der Waals surface area contributed by atoms with E-state index in [0.717, 1.165) is 11.3 Å². The molecule has 1 N–H and O–H groups in total. The minimum atomic E-state index is -0.351. The highest BCUT2D eigenvalue weighted by Gasteiger charge is 2.29. The molecule has 1 aromatic heterocycles. The molecule has 1 aliphatic rings. The molecule has 3 aromatic rings. The van der Waals surface area contributed by atoms with Crippen LogP contribution in [0, 0.1) is 5.82 Å². The Morgan fingerprint density at radius 1 is 1.08 bits per heavy atom. The zero-order valence-electron chi connectivity index (χ0n) is 14.1. The van der Waals surface area contributed by atoms with E-state index in [-0.39, 0.29) is 18.3 Å². The first-order valence-corrected chi connectivity index (χ1v) is 8.46. The van der Waals surface area contributed by atoms with E-state index in [9.17, 15) is 9.18 Å². The number of amides is 1. The summed E-state index contributed by atoms with van der Waals surface area (Å²) in [6.45, 7) is 1.30. The molecule has 0 atom stereocenters. The fourth-order valence-corrected chi connectivity index (χ4v) is 3.39. The van der Waals surface area contributed by atoms with Gasteiger partial charge in [0, 0.05) is 23.2 Å². The Kier molecular flexibility index (Phi) is 4.26. The number of rotatable bonds is 4.